The number of nitrogens with two attached hydrogens (primary N) is 1. The Morgan fingerprint density at radius 1 is 1.33 bits per heavy atom. The van der Waals surface area contributed by atoms with Crippen molar-refractivity contribution in [2.75, 3.05) is 13.6 Å². The zero-order chi connectivity index (χ0) is 13.2. The monoisotopic (exact) mass is 300 g/mol. The fraction of sp³-hybridized carbons (Fsp3) is 0.400. The maximum atomic E-state index is 13.4. The molecule has 0 radical (unpaired) electrons. The fourth-order valence-corrected chi connectivity index (χ4v) is 2.74. The fourth-order valence-electron chi connectivity index (χ4n) is 1.26. The van der Waals surface area contributed by atoms with Crippen LogP contribution >= 0.6 is 12.4 Å². The van der Waals surface area contributed by atoms with Crippen LogP contribution in [0.15, 0.2) is 23.1 Å². The Hall–Kier alpha value is -0.760. The summed E-state index contributed by atoms with van der Waals surface area (Å²) in [6, 6.07) is 2.36. The van der Waals surface area contributed by atoms with Gasteiger partial charge in [0.2, 0.25) is 10.0 Å². The second-order valence-corrected chi connectivity index (χ2v) is 5.59. The van der Waals surface area contributed by atoms with Crippen LogP contribution in [0.3, 0.4) is 0 Å². The Morgan fingerprint density at radius 3 is 2.17 bits per heavy atom. The van der Waals surface area contributed by atoms with Gasteiger partial charge in [0.05, 0.1) is 0 Å². The highest BCUT2D eigenvalue weighted by Crippen LogP contribution is 2.22. The summed E-state index contributed by atoms with van der Waals surface area (Å²) in [4.78, 5) is -0.942. The molecule has 0 heterocycles. The smallest absolute Gasteiger partial charge is 0.248 e. The van der Waals surface area contributed by atoms with Crippen LogP contribution in [0.1, 0.15) is 6.92 Å². The van der Waals surface area contributed by atoms with Crippen LogP contribution in [0.25, 0.3) is 0 Å². The van der Waals surface area contributed by atoms with Gasteiger partial charge in [-0.05, 0) is 19.1 Å². The lowest BCUT2D eigenvalue weighted by Crippen LogP contribution is -2.40. The number of sulfonamides is 1. The number of benzene rings is 1. The Kier molecular flexibility index (Phi) is 6.15. The van der Waals surface area contributed by atoms with Gasteiger partial charge in [0, 0.05) is 19.6 Å². The van der Waals surface area contributed by atoms with Crippen molar-refractivity contribution in [2.24, 2.45) is 5.73 Å². The minimum Gasteiger partial charge on any atom is -0.329 e. The summed E-state index contributed by atoms with van der Waals surface area (Å²) in [5.74, 6) is -2.22. The zero-order valence-electron chi connectivity index (χ0n) is 9.93. The molecule has 0 aromatic heterocycles. The molecule has 18 heavy (non-hydrogen) atoms. The Bertz CT molecular complexity index is 490. The molecule has 1 atom stereocenters. The number of hydrogen-bond acceptors (Lipinski definition) is 3. The van der Waals surface area contributed by atoms with E-state index in [1.807, 2.05) is 0 Å². The molecule has 0 aliphatic heterocycles. The van der Waals surface area contributed by atoms with Crippen LogP contribution in [0.5, 0.6) is 0 Å². The largest absolute Gasteiger partial charge is 0.329 e. The lowest BCUT2D eigenvalue weighted by atomic mass is 10.3. The van der Waals surface area contributed by atoms with Gasteiger partial charge in [-0.2, -0.15) is 4.31 Å². The Balaban J connectivity index is 0.00000289. The standard InChI is InChI=1S/C10H14F2N2O2S.ClH/c1-7(6-13)14(2)17(15,16)10-8(11)4-3-5-9(10)12;/h3-5,7H,6,13H2,1-2H3;1H. The van der Waals surface area contributed by atoms with Crippen molar-refractivity contribution in [3.05, 3.63) is 29.8 Å². The highest BCUT2D eigenvalue weighted by molar-refractivity contribution is 7.89. The molecule has 1 aromatic carbocycles. The molecule has 0 aliphatic rings. The molecule has 0 saturated carbocycles. The summed E-state index contributed by atoms with van der Waals surface area (Å²) in [7, 11) is -2.97. The van der Waals surface area contributed by atoms with E-state index < -0.39 is 32.6 Å². The first-order chi connectivity index (χ1) is 7.82. The first-order valence-electron chi connectivity index (χ1n) is 4.94. The summed E-state index contributed by atoms with van der Waals surface area (Å²) in [6.45, 7) is 1.61. The van der Waals surface area contributed by atoms with Gasteiger partial charge < -0.3 is 5.73 Å². The van der Waals surface area contributed by atoms with Crippen molar-refractivity contribution in [3.8, 4) is 0 Å². The van der Waals surface area contributed by atoms with E-state index >= 15 is 0 Å². The van der Waals surface area contributed by atoms with Crippen LogP contribution in [0.2, 0.25) is 0 Å². The molecule has 0 bridgehead atoms. The van der Waals surface area contributed by atoms with Gasteiger partial charge in [-0.25, -0.2) is 17.2 Å². The van der Waals surface area contributed by atoms with Crippen molar-refractivity contribution >= 4 is 22.4 Å². The predicted molar refractivity (Wildman–Crippen MR) is 67.1 cm³/mol. The minimum absolute atomic E-state index is 0. The Labute approximate surface area is 111 Å². The maximum Gasteiger partial charge on any atom is 0.248 e. The molecule has 1 unspecified atom stereocenters. The molecular formula is C10H15ClF2N2O2S. The zero-order valence-corrected chi connectivity index (χ0v) is 11.6. The van der Waals surface area contributed by atoms with Crippen molar-refractivity contribution in [3.63, 3.8) is 0 Å². The molecule has 0 aliphatic carbocycles. The molecule has 0 spiro atoms. The van der Waals surface area contributed by atoms with Crippen LogP contribution in [0, 0.1) is 11.6 Å². The van der Waals surface area contributed by atoms with Crippen LogP contribution in [-0.4, -0.2) is 32.4 Å². The lowest BCUT2D eigenvalue weighted by molar-refractivity contribution is 0.387. The summed E-state index contributed by atoms with van der Waals surface area (Å²) >= 11 is 0. The minimum atomic E-state index is -4.21. The molecule has 0 amide bonds. The highest BCUT2D eigenvalue weighted by atomic mass is 35.5. The van der Waals surface area contributed by atoms with Crippen molar-refractivity contribution in [2.45, 2.75) is 17.9 Å². The molecule has 0 fully saturated rings. The number of rotatable bonds is 4. The molecule has 1 aromatic rings. The quantitative estimate of drug-likeness (QED) is 0.913. The van der Waals surface area contributed by atoms with E-state index in [-0.39, 0.29) is 19.0 Å². The average Bonchev–Trinajstić information content (AvgIpc) is 2.26. The third-order valence-electron chi connectivity index (χ3n) is 2.52. The first kappa shape index (κ1) is 17.2. The van der Waals surface area contributed by atoms with E-state index in [0.717, 1.165) is 22.5 Å². The van der Waals surface area contributed by atoms with Crippen LogP contribution < -0.4 is 5.73 Å². The predicted octanol–water partition coefficient (Wildman–Crippen LogP) is 1.35. The molecule has 8 heteroatoms. The van der Waals surface area contributed by atoms with Crippen LogP contribution in [0.4, 0.5) is 8.78 Å². The summed E-state index contributed by atoms with van der Waals surface area (Å²) in [6.07, 6.45) is 0. The van der Waals surface area contributed by atoms with Crippen molar-refractivity contribution in [1.82, 2.24) is 4.31 Å². The highest BCUT2D eigenvalue weighted by Gasteiger charge is 2.30. The SMILES string of the molecule is CC(CN)N(C)S(=O)(=O)c1c(F)cccc1F.Cl. The van der Waals surface area contributed by atoms with Gasteiger partial charge >= 0.3 is 0 Å². The second kappa shape index (κ2) is 6.42. The van der Waals surface area contributed by atoms with Crippen molar-refractivity contribution < 1.29 is 17.2 Å². The van der Waals surface area contributed by atoms with E-state index in [1.165, 1.54) is 7.05 Å². The molecule has 1 rings (SSSR count). The third kappa shape index (κ3) is 3.17. The molecule has 2 N–H and O–H groups in total. The number of likely N-dealkylation sites (N-methyl/N-ethyl adjacent to an activating group) is 1. The summed E-state index contributed by atoms with van der Waals surface area (Å²) in [5, 5.41) is 0. The Morgan fingerprint density at radius 2 is 1.78 bits per heavy atom. The van der Waals surface area contributed by atoms with E-state index in [4.69, 9.17) is 5.73 Å². The average molecular weight is 301 g/mol. The molecule has 0 saturated heterocycles. The van der Waals surface area contributed by atoms with E-state index in [2.05, 4.69) is 0 Å². The first-order valence-corrected chi connectivity index (χ1v) is 6.38. The van der Waals surface area contributed by atoms with Gasteiger partial charge in [-0.15, -0.1) is 12.4 Å². The topological polar surface area (TPSA) is 63.4 Å². The number of halogens is 3. The number of hydrogen-bond donors (Lipinski definition) is 1. The van der Waals surface area contributed by atoms with Crippen molar-refractivity contribution in [1.29, 1.82) is 0 Å². The van der Waals surface area contributed by atoms with Crippen LogP contribution in [-0.2, 0) is 10.0 Å². The van der Waals surface area contributed by atoms with E-state index in [9.17, 15) is 17.2 Å². The van der Waals surface area contributed by atoms with Gasteiger partial charge in [-0.3, -0.25) is 0 Å². The third-order valence-corrected chi connectivity index (χ3v) is 4.54. The second-order valence-electron chi connectivity index (χ2n) is 3.66. The summed E-state index contributed by atoms with van der Waals surface area (Å²) < 4.78 is 51.6. The van der Waals surface area contributed by atoms with Gasteiger partial charge in [0.1, 0.15) is 11.6 Å². The lowest BCUT2D eigenvalue weighted by Gasteiger charge is -2.23. The summed E-state index contributed by atoms with van der Waals surface area (Å²) in [5.41, 5.74) is 5.33. The molecule has 104 valence electrons. The molecule has 4 nitrogen and oxygen atoms in total. The van der Waals surface area contributed by atoms with E-state index in [1.54, 1.807) is 6.92 Å². The van der Waals surface area contributed by atoms with Gasteiger partial charge in [0.15, 0.2) is 4.90 Å². The van der Waals surface area contributed by atoms with E-state index in [0.29, 0.717) is 0 Å². The van der Waals surface area contributed by atoms with Gasteiger partial charge in [-0.1, -0.05) is 6.07 Å². The normalized spacial score (nSPS) is 13.2. The number of nitrogens with zero attached hydrogens (tertiary/aromatic N) is 1. The maximum absolute atomic E-state index is 13.4. The molecular weight excluding hydrogens is 286 g/mol. The van der Waals surface area contributed by atoms with Gasteiger partial charge in [0.25, 0.3) is 0 Å².